The zero-order chi connectivity index (χ0) is 11.6. The minimum absolute atomic E-state index is 0.0539. The molecule has 82 valence electrons. The minimum atomic E-state index is -1.08. The predicted molar refractivity (Wildman–Crippen MR) is 54.1 cm³/mol. The molecule has 0 saturated heterocycles. The summed E-state index contributed by atoms with van der Waals surface area (Å²) in [7, 11) is 0. The van der Waals surface area contributed by atoms with Crippen molar-refractivity contribution in [3.8, 4) is 5.88 Å². The summed E-state index contributed by atoms with van der Waals surface area (Å²) in [5, 5.41) is 8.79. The fourth-order valence-corrected chi connectivity index (χ4v) is 1.02. The number of hydrogen-bond acceptors (Lipinski definition) is 4. The smallest absolute Gasteiger partial charge is 0.354 e. The number of nitrogens with zero attached hydrogens (tertiary/aromatic N) is 2. The molecular weight excluding hydrogens is 196 g/mol. The summed E-state index contributed by atoms with van der Waals surface area (Å²) in [6.07, 6.45) is 0. The van der Waals surface area contributed by atoms with Gasteiger partial charge in [-0.25, -0.2) is 9.78 Å². The van der Waals surface area contributed by atoms with Crippen LogP contribution in [-0.4, -0.2) is 26.6 Å². The van der Waals surface area contributed by atoms with Gasteiger partial charge < -0.3 is 9.84 Å². The lowest BCUT2D eigenvalue weighted by molar-refractivity contribution is 0.0686. The molecule has 0 bridgehead atoms. The van der Waals surface area contributed by atoms with Gasteiger partial charge in [0, 0.05) is 6.07 Å². The van der Waals surface area contributed by atoms with Gasteiger partial charge in [-0.1, -0.05) is 0 Å². The first-order valence-corrected chi connectivity index (χ1v) is 4.56. The second-order valence-electron chi connectivity index (χ2n) is 4.16. The van der Waals surface area contributed by atoms with Crippen molar-refractivity contribution in [3.05, 3.63) is 17.6 Å². The monoisotopic (exact) mass is 210 g/mol. The summed E-state index contributed by atoms with van der Waals surface area (Å²) < 4.78 is 5.46. The van der Waals surface area contributed by atoms with Crippen LogP contribution in [0.25, 0.3) is 0 Å². The number of rotatable bonds is 2. The average molecular weight is 210 g/mol. The highest BCUT2D eigenvalue weighted by molar-refractivity contribution is 5.85. The van der Waals surface area contributed by atoms with Crippen molar-refractivity contribution in [3.63, 3.8) is 0 Å². The molecule has 1 aromatic rings. The number of aryl methyl sites for hydroxylation is 1. The lowest BCUT2D eigenvalue weighted by atomic mass is 10.2. The number of aromatic carboxylic acids is 1. The van der Waals surface area contributed by atoms with Gasteiger partial charge in [0.05, 0.1) is 0 Å². The molecular formula is C10H14N2O3. The van der Waals surface area contributed by atoms with Gasteiger partial charge in [-0.2, -0.15) is 4.98 Å². The Labute approximate surface area is 88.1 Å². The van der Waals surface area contributed by atoms with Gasteiger partial charge in [0.1, 0.15) is 11.4 Å². The van der Waals surface area contributed by atoms with Crippen molar-refractivity contribution >= 4 is 5.97 Å². The molecule has 0 aliphatic carbocycles. The first-order chi connectivity index (χ1) is 6.78. The largest absolute Gasteiger partial charge is 0.477 e. The summed E-state index contributed by atoms with van der Waals surface area (Å²) >= 11 is 0. The van der Waals surface area contributed by atoms with E-state index in [0.717, 1.165) is 0 Å². The van der Waals surface area contributed by atoms with E-state index in [0.29, 0.717) is 5.82 Å². The van der Waals surface area contributed by atoms with Crippen molar-refractivity contribution in [2.75, 3.05) is 0 Å². The zero-order valence-corrected chi connectivity index (χ0v) is 9.24. The quantitative estimate of drug-likeness (QED) is 0.803. The number of aromatic nitrogens is 2. The van der Waals surface area contributed by atoms with Gasteiger partial charge in [-0.05, 0) is 27.7 Å². The summed E-state index contributed by atoms with van der Waals surface area (Å²) in [5.41, 5.74) is -0.460. The molecule has 15 heavy (non-hydrogen) atoms. The van der Waals surface area contributed by atoms with E-state index in [1.54, 1.807) is 6.92 Å². The Kier molecular flexibility index (Phi) is 2.93. The number of carboxylic acids is 1. The molecule has 0 spiro atoms. The van der Waals surface area contributed by atoms with Gasteiger partial charge in [-0.15, -0.1) is 0 Å². The third kappa shape index (κ3) is 3.53. The molecule has 0 unspecified atom stereocenters. The maximum Gasteiger partial charge on any atom is 0.354 e. The van der Waals surface area contributed by atoms with E-state index in [-0.39, 0.29) is 11.6 Å². The number of ether oxygens (including phenoxy) is 1. The Balaban J connectivity index is 3.04. The Morgan fingerprint density at radius 2 is 2.00 bits per heavy atom. The van der Waals surface area contributed by atoms with E-state index < -0.39 is 11.6 Å². The van der Waals surface area contributed by atoms with Gasteiger partial charge in [0.15, 0.2) is 5.69 Å². The topological polar surface area (TPSA) is 72.3 Å². The normalized spacial score (nSPS) is 11.2. The molecule has 0 radical (unpaired) electrons. The van der Waals surface area contributed by atoms with E-state index >= 15 is 0 Å². The Bertz CT molecular complexity index is 383. The highest BCUT2D eigenvalue weighted by Crippen LogP contribution is 2.16. The van der Waals surface area contributed by atoms with E-state index in [2.05, 4.69) is 9.97 Å². The van der Waals surface area contributed by atoms with E-state index in [9.17, 15) is 4.79 Å². The maximum atomic E-state index is 10.7. The second-order valence-corrected chi connectivity index (χ2v) is 4.16. The van der Waals surface area contributed by atoms with Crippen LogP contribution < -0.4 is 4.74 Å². The molecule has 0 saturated carbocycles. The Morgan fingerprint density at radius 1 is 1.40 bits per heavy atom. The van der Waals surface area contributed by atoms with Crippen LogP contribution in [0.15, 0.2) is 6.07 Å². The average Bonchev–Trinajstić information content (AvgIpc) is 1.99. The van der Waals surface area contributed by atoms with Crippen LogP contribution >= 0.6 is 0 Å². The van der Waals surface area contributed by atoms with Gasteiger partial charge in [-0.3, -0.25) is 0 Å². The van der Waals surface area contributed by atoms with E-state index in [1.165, 1.54) is 6.07 Å². The number of hydrogen-bond donors (Lipinski definition) is 1. The molecule has 5 heteroatoms. The molecule has 1 aromatic heterocycles. The van der Waals surface area contributed by atoms with Gasteiger partial charge >= 0.3 is 5.97 Å². The molecule has 1 heterocycles. The zero-order valence-electron chi connectivity index (χ0n) is 9.24. The first kappa shape index (κ1) is 11.4. The van der Waals surface area contributed by atoms with Crippen molar-refractivity contribution in [1.29, 1.82) is 0 Å². The second kappa shape index (κ2) is 3.84. The molecule has 0 aliphatic rings. The molecule has 0 fully saturated rings. The lowest BCUT2D eigenvalue weighted by Gasteiger charge is -2.20. The van der Waals surface area contributed by atoms with Gasteiger partial charge in [0.25, 0.3) is 0 Å². The fourth-order valence-electron chi connectivity index (χ4n) is 1.02. The number of carboxylic acid groups (broad SMARTS) is 1. The molecule has 0 aliphatic heterocycles. The third-order valence-corrected chi connectivity index (χ3v) is 1.44. The molecule has 1 N–H and O–H groups in total. The van der Waals surface area contributed by atoms with Crippen LogP contribution in [0, 0.1) is 6.92 Å². The third-order valence-electron chi connectivity index (χ3n) is 1.44. The lowest BCUT2D eigenvalue weighted by Crippen LogP contribution is -2.24. The van der Waals surface area contributed by atoms with Crippen LogP contribution in [0.1, 0.15) is 37.1 Å². The number of carbonyl (C=O) groups is 1. The summed E-state index contributed by atoms with van der Waals surface area (Å²) in [6.45, 7) is 7.22. The molecule has 1 rings (SSSR count). The van der Waals surface area contributed by atoms with Crippen LogP contribution in [-0.2, 0) is 0 Å². The summed E-state index contributed by atoms with van der Waals surface area (Å²) in [6, 6.07) is 1.32. The highest BCUT2D eigenvalue weighted by Gasteiger charge is 2.15. The van der Waals surface area contributed by atoms with Crippen molar-refractivity contribution in [2.45, 2.75) is 33.3 Å². The molecule has 0 atom stereocenters. The molecule has 0 amide bonds. The van der Waals surface area contributed by atoms with Crippen LogP contribution in [0.4, 0.5) is 0 Å². The van der Waals surface area contributed by atoms with E-state index in [1.807, 2.05) is 20.8 Å². The van der Waals surface area contributed by atoms with Crippen molar-refractivity contribution in [2.24, 2.45) is 0 Å². The van der Waals surface area contributed by atoms with Crippen LogP contribution in [0.5, 0.6) is 5.88 Å². The van der Waals surface area contributed by atoms with Gasteiger partial charge in [0.2, 0.25) is 5.88 Å². The fraction of sp³-hybridized carbons (Fsp3) is 0.500. The molecule has 5 nitrogen and oxygen atoms in total. The Hall–Kier alpha value is -1.65. The standard InChI is InChI=1S/C10H14N2O3/c1-6-11-7(9(13)14)5-8(12-6)15-10(2,3)4/h5H,1-4H3,(H,13,14). The van der Waals surface area contributed by atoms with Crippen molar-refractivity contribution < 1.29 is 14.6 Å². The van der Waals surface area contributed by atoms with E-state index in [4.69, 9.17) is 9.84 Å². The predicted octanol–water partition coefficient (Wildman–Crippen LogP) is 1.66. The summed E-state index contributed by atoms with van der Waals surface area (Å²) in [4.78, 5) is 18.5. The van der Waals surface area contributed by atoms with Crippen molar-refractivity contribution in [1.82, 2.24) is 9.97 Å². The van der Waals surface area contributed by atoms with Crippen LogP contribution in [0.2, 0.25) is 0 Å². The SMILES string of the molecule is Cc1nc(OC(C)(C)C)cc(C(=O)O)n1. The first-order valence-electron chi connectivity index (χ1n) is 4.56. The highest BCUT2D eigenvalue weighted by atomic mass is 16.5. The Morgan fingerprint density at radius 3 is 2.47 bits per heavy atom. The van der Waals surface area contributed by atoms with Crippen LogP contribution in [0.3, 0.4) is 0 Å². The summed E-state index contributed by atoms with van der Waals surface area (Å²) in [5.74, 6) is -0.416. The maximum absolute atomic E-state index is 10.7. The molecule has 0 aromatic carbocycles. The minimum Gasteiger partial charge on any atom is -0.477 e.